The molecule has 20 heavy (non-hydrogen) atoms. The van der Waals surface area contributed by atoms with Gasteiger partial charge in [0.05, 0.1) is 16.4 Å². The maximum Gasteiger partial charge on any atom is 0.241 e. The molecule has 2 aromatic heterocycles. The molecule has 2 heterocycles. The summed E-state index contributed by atoms with van der Waals surface area (Å²) in [5.41, 5.74) is 1.73. The summed E-state index contributed by atoms with van der Waals surface area (Å²) >= 11 is 5.88. The van der Waals surface area contributed by atoms with Gasteiger partial charge in [0, 0.05) is 25.5 Å². The predicted molar refractivity (Wildman–Crippen MR) is 76.6 cm³/mol. The lowest BCUT2D eigenvalue weighted by atomic mass is 10.4. The molecule has 7 heteroatoms. The molecule has 2 rings (SSSR count). The summed E-state index contributed by atoms with van der Waals surface area (Å²) in [6.45, 7) is 5.36. The molecule has 1 amide bonds. The van der Waals surface area contributed by atoms with Crippen molar-refractivity contribution in [1.29, 1.82) is 0 Å². The van der Waals surface area contributed by atoms with Gasteiger partial charge in [-0.1, -0.05) is 11.6 Å². The van der Waals surface area contributed by atoms with Crippen molar-refractivity contribution in [3.05, 3.63) is 34.9 Å². The molecule has 6 nitrogen and oxygen atoms in total. The first kappa shape index (κ1) is 14.6. The van der Waals surface area contributed by atoms with Crippen LogP contribution in [0.1, 0.15) is 17.8 Å². The third-order valence-electron chi connectivity index (χ3n) is 2.85. The van der Waals surface area contributed by atoms with E-state index >= 15 is 0 Å². The topological polar surface area (TPSA) is 64.7 Å². The summed E-state index contributed by atoms with van der Waals surface area (Å²) in [5.74, 6) is -0.0687. The molecule has 0 aromatic carbocycles. The van der Waals surface area contributed by atoms with Gasteiger partial charge < -0.3 is 5.32 Å². The van der Waals surface area contributed by atoms with E-state index in [1.165, 1.54) is 0 Å². The van der Waals surface area contributed by atoms with Crippen molar-refractivity contribution in [2.24, 2.45) is 0 Å². The predicted octanol–water partition coefficient (Wildman–Crippen LogP) is 1.56. The molecule has 1 N–H and O–H groups in total. The van der Waals surface area contributed by atoms with Crippen LogP contribution in [0.5, 0.6) is 0 Å². The zero-order valence-electron chi connectivity index (χ0n) is 11.6. The standard InChI is InChI=1S/C13H18ClN5O/c1-10-4-7-18(16-10)6-3-5-15-13(20)9-19-8-12(14)11(2)17-19/h4,7-8H,3,5-6,9H2,1-2H3,(H,15,20). The smallest absolute Gasteiger partial charge is 0.241 e. The van der Waals surface area contributed by atoms with Crippen LogP contribution in [0.25, 0.3) is 0 Å². The van der Waals surface area contributed by atoms with Gasteiger partial charge in [0.2, 0.25) is 5.91 Å². The van der Waals surface area contributed by atoms with Gasteiger partial charge in [0.25, 0.3) is 0 Å². The third kappa shape index (κ3) is 4.09. The molecule has 0 spiro atoms. The van der Waals surface area contributed by atoms with E-state index in [1.807, 2.05) is 30.8 Å². The van der Waals surface area contributed by atoms with Crippen LogP contribution >= 0.6 is 11.6 Å². The van der Waals surface area contributed by atoms with E-state index in [4.69, 9.17) is 11.6 Å². The van der Waals surface area contributed by atoms with Crippen molar-refractivity contribution in [2.45, 2.75) is 33.4 Å². The molecule has 0 aliphatic heterocycles. The SMILES string of the molecule is Cc1ccn(CCCNC(=O)Cn2cc(Cl)c(C)n2)n1. The van der Waals surface area contributed by atoms with Crippen molar-refractivity contribution >= 4 is 17.5 Å². The quantitative estimate of drug-likeness (QED) is 0.823. The van der Waals surface area contributed by atoms with Crippen LogP contribution in [0.15, 0.2) is 18.5 Å². The number of carbonyl (C=O) groups is 1. The van der Waals surface area contributed by atoms with E-state index in [2.05, 4.69) is 15.5 Å². The van der Waals surface area contributed by atoms with E-state index in [-0.39, 0.29) is 12.5 Å². The monoisotopic (exact) mass is 295 g/mol. The molecular formula is C13H18ClN5O. The highest BCUT2D eigenvalue weighted by molar-refractivity contribution is 6.31. The number of hydrogen-bond acceptors (Lipinski definition) is 3. The molecule has 0 aliphatic carbocycles. The van der Waals surface area contributed by atoms with Crippen molar-refractivity contribution < 1.29 is 4.79 Å². The fraction of sp³-hybridized carbons (Fsp3) is 0.462. The largest absolute Gasteiger partial charge is 0.354 e. The number of aryl methyl sites for hydroxylation is 3. The second kappa shape index (κ2) is 6.56. The van der Waals surface area contributed by atoms with E-state index in [0.29, 0.717) is 11.6 Å². The molecule has 0 bridgehead atoms. The Hall–Kier alpha value is -1.82. The number of nitrogens with one attached hydrogen (secondary N) is 1. The number of halogens is 1. The zero-order chi connectivity index (χ0) is 14.5. The highest BCUT2D eigenvalue weighted by atomic mass is 35.5. The Bertz CT molecular complexity index is 570. The molecule has 0 aliphatic rings. The van der Waals surface area contributed by atoms with Gasteiger partial charge in [-0.05, 0) is 26.3 Å². The van der Waals surface area contributed by atoms with Gasteiger partial charge in [-0.3, -0.25) is 14.2 Å². The lowest BCUT2D eigenvalue weighted by molar-refractivity contribution is -0.121. The van der Waals surface area contributed by atoms with Crippen LogP contribution in [0.2, 0.25) is 5.02 Å². The van der Waals surface area contributed by atoms with Crippen LogP contribution in [-0.2, 0) is 17.9 Å². The summed E-state index contributed by atoms with van der Waals surface area (Å²) in [4.78, 5) is 11.7. The number of hydrogen-bond donors (Lipinski definition) is 1. The minimum absolute atomic E-state index is 0.0687. The van der Waals surface area contributed by atoms with Crippen molar-refractivity contribution in [3.8, 4) is 0 Å². The summed E-state index contributed by atoms with van der Waals surface area (Å²) in [5, 5.41) is 11.9. The molecule has 0 atom stereocenters. The Kier molecular flexibility index (Phi) is 4.79. The molecule has 108 valence electrons. The number of rotatable bonds is 6. The minimum Gasteiger partial charge on any atom is -0.354 e. The van der Waals surface area contributed by atoms with Crippen molar-refractivity contribution in [1.82, 2.24) is 24.9 Å². The van der Waals surface area contributed by atoms with Crippen molar-refractivity contribution in [3.63, 3.8) is 0 Å². The Morgan fingerprint density at radius 1 is 1.35 bits per heavy atom. The molecule has 0 saturated carbocycles. The molecule has 0 radical (unpaired) electrons. The maximum atomic E-state index is 11.7. The fourth-order valence-electron chi connectivity index (χ4n) is 1.83. The Morgan fingerprint density at radius 3 is 2.75 bits per heavy atom. The third-order valence-corrected chi connectivity index (χ3v) is 3.22. The molecule has 0 saturated heterocycles. The van der Waals surface area contributed by atoms with Crippen LogP contribution in [0.3, 0.4) is 0 Å². The van der Waals surface area contributed by atoms with Gasteiger partial charge in [0.1, 0.15) is 6.54 Å². The summed E-state index contributed by atoms with van der Waals surface area (Å²) in [7, 11) is 0. The lowest BCUT2D eigenvalue weighted by Gasteiger charge is -2.05. The Labute approximate surface area is 122 Å². The number of aromatic nitrogens is 4. The highest BCUT2D eigenvalue weighted by Crippen LogP contribution is 2.11. The van der Waals surface area contributed by atoms with Gasteiger partial charge in [0.15, 0.2) is 0 Å². The Morgan fingerprint density at radius 2 is 2.15 bits per heavy atom. The van der Waals surface area contributed by atoms with E-state index in [1.54, 1.807) is 10.9 Å². The van der Waals surface area contributed by atoms with Gasteiger partial charge in [-0.15, -0.1) is 0 Å². The van der Waals surface area contributed by atoms with Crippen molar-refractivity contribution in [2.75, 3.05) is 6.54 Å². The van der Waals surface area contributed by atoms with E-state index in [0.717, 1.165) is 24.4 Å². The molecular weight excluding hydrogens is 278 g/mol. The second-order valence-corrected chi connectivity index (χ2v) is 5.09. The zero-order valence-corrected chi connectivity index (χ0v) is 12.4. The van der Waals surface area contributed by atoms with Gasteiger partial charge in [-0.25, -0.2) is 0 Å². The lowest BCUT2D eigenvalue weighted by Crippen LogP contribution is -2.29. The highest BCUT2D eigenvalue weighted by Gasteiger charge is 2.06. The fourth-order valence-corrected chi connectivity index (χ4v) is 1.98. The first-order valence-corrected chi connectivity index (χ1v) is 6.88. The molecule has 0 fully saturated rings. The van der Waals surface area contributed by atoms with Gasteiger partial charge >= 0.3 is 0 Å². The number of amides is 1. The normalized spacial score (nSPS) is 10.8. The number of carbonyl (C=O) groups excluding carboxylic acids is 1. The minimum atomic E-state index is -0.0687. The van der Waals surface area contributed by atoms with Crippen LogP contribution in [0.4, 0.5) is 0 Å². The van der Waals surface area contributed by atoms with E-state index in [9.17, 15) is 4.79 Å². The summed E-state index contributed by atoms with van der Waals surface area (Å²) < 4.78 is 3.42. The maximum absolute atomic E-state index is 11.7. The molecule has 0 unspecified atom stereocenters. The number of nitrogens with zero attached hydrogens (tertiary/aromatic N) is 4. The summed E-state index contributed by atoms with van der Waals surface area (Å²) in [6.07, 6.45) is 4.43. The summed E-state index contributed by atoms with van der Waals surface area (Å²) in [6, 6.07) is 1.96. The first-order valence-electron chi connectivity index (χ1n) is 6.51. The molecule has 2 aromatic rings. The van der Waals surface area contributed by atoms with E-state index < -0.39 is 0 Å². The first-order chi connectivity index (χ1) is 9.54. The van der Waals surface area contributed by atoms with Gasteiger partial charge in [-0.2, -0.15) is 10.2 Å². The average Bonchev–Trinajstić information content (AvgIpc) is 2.92. The Balaban J connectivity index is 1.67. The van der Waals surface area contributed by atoms with Crippen LogP contribution < -0.4 is 5.32 Å². The van der Waals surface area contributed by atoms with Crippen LogP contribution in [0, 0.1) is 13.8 Å². The second-order valence-electron chi connectivity index (χ2n) is 4.68. The van der Waals surface area contributed by atoms with Crippen LogP contribution in [-0.4, -0.2) is 32.0 Å². The average molecular weight is 296 g/mol.